The van der Waals surface area contributed by atoms with Crippen LogP contribution in [0.4, 0.5) is 5.69 Å². The first-order valence-electron chi connectivity index (χ1n) is 6.55. The average Bonchev–Trinajstić information content (AvgIpc) is 2.48. The Hall–Kier alpha value is -2.71. The zero-order chi connectivity index (χ0) is 15.1. The Morgan fingerprint density at radius 3 is 2.71 bits per heavy atom. The normalized spacial score (nSPS) is 10.1. The zero-order valence-electron chi connectivity index (χ0n) is 11.8. The predicted molar refractivity (Wildman–Crippen MR) is 80.4 cm³/mol. The van der Waals surface area contributed by atoms with E-state index in [-0.39, 0.29) is 12.5 Å². The third-order valence-corrected chi connectivity index (χ3v) is 2.89. The van der Waals surface area contributed by atoms with Crippen LogP contribution in [0.2, 0.25) is 0 Å². The number of nitriles is 1. The largest absolute Gasteiger partial charge is 0.325 e. The van der Waals surface area contributed by atoms with Crippen LogP contribution in [0.5, 0.6) is 0 Å². The van der Waals surface area contributed by atoms with Crippen molar-refractivity contribution in [1.29, 1.82) is 5.26 Å². The monoisotopic (exact) mass is 280 g/mol. The van der Waals surface area contributed by atoms with Crippen LogP contribution in [0.15, 0.2) is 48.8 Å². The standard InChI is InChI=1S/C16H16N4O/c1-20(11-14-3-2-8-18-10-14)12-16(21)19-15-6-4-13(9-17)5-7-15/h2-8,10H,11-12H2,1H3,(H,19,21). The SMILES string of the molecule is CN(CC(=O)Nc1ccc(C#N)cc1)Cc1cccnc1. The molecule has 2 aromatic rings. The van der Waals surface area contributed by atoms with Crippen LogP contribution in [0.25, 0.3) is 0 Å². The second-order valence-electron chi connectivity index (χ2n) is 4.77. The van der Waals surface area contributed by atoms with Crippen molar-refractivity contribution in [3.63, 3.8) is 0 Å². The second-order valence-corrected chi connectivity index (χ2v) is 4.77. The molecule has 2 rings (SSSR count). The van der Waals surface area contributed by atoms with Gasteiger partial charge in [0.2, 0.25) is 5.91 Å². The van der Waals surface area contributed by atoms with E-state index in [0.717, 1.165) is 5.56 Å². The topological polar surface area (TPSA) is 69.0 Å². The lowest BCUT2D eigenvalue weighted by Crippen LogP contribution is -2.29. The molecule has 1 N–H and O–H groups in total. The molecule has 5 nitrogen and oxygen atoms in total. The van der Waals surface area contributed by atoms with Crippen LogP contribution in [0.3, 0.4) is 0 Å². The summed E-state index contributed by atoms with van der Waals surface area (Å²) in [7, 11) is 1.88. The maximum Gasteiger partial charge on any atom is 0.238 e. The van der Waals surface area contributed by atoms with Gasteiger partial charge in [-0.3, -0.25) is 14.7 Å². The van der Waals surface area contributed by atoms with Gasteiger partial charge in [0, 0.05) is 24.6 Å². The number of hydrogen-bond acceptors (Lipinski definition) is 4. The van der Waals surface area contributed by atoms with Gasteiger partial charge in [0.05, 0.1) is 18.2 Å². The fourth-order valence-corrected chi connectivity index (χ4v) is 1.93. The molecule has 1 aromatic heterocycles. The van der Waals surface area contributed by atoms with Crippen LogP contribution in [0.1, 0.15) is 11.1 Å². The Morgan fingerprint density at radius 1 is 1.33 bits per heavy atom. The molecule has 0 aliphatic carbocycles. The second kappa shape index (κ2) is 7.17. The van der Waals surface area contributed by atoms with E-state index in [9.17, 15) is 4.79 Å². The van der Waals surface area contributed by atoms with E-state index in [2.05, 4.69) is 10.3 Å². The van der Waals surface area contributed by atoms with Crippen molar-refractivity contribution in [2.24, 2.45) is 0 Å². The summed E-state index contributed by atoms with van der Waals surface area (Å²) in [4.78, 5) is 17.9. The van der Waals surface area contributed by atoms with Crippen molar-refractivity contribution in [3.8, 4) is 6.07 Å². The molecule has 106 valence electrons. The van der Waals surface area contributed by atoms with Crippen LogP contribution in [-0.4, -0.2) is 29.4 Å². The Labute approximate surface area is 123 Å². The van der Waals surface area contributed by atoms with Crippen LogP contribution >= 0.6 is 0 Å². The number of likely N-dealkylation sites (N-methyl/N-ethyl adjacent to an activating group) is 1. The van der Waals surface area contributed by atoms with Gasteiger partial charge < -0.3 is 5.32 Å². The molecular formula is C16H16N4O. The zero-order valence-corrected chi connectivity index (χ0v) is 11.8. The van der Waals surface area contributed by atoms with Crippen molar-refractivity contribution in [2.45, 2.75) is 6.54 Å². The first-order chi connectivity index (χ1) is 10.2. The summed E-state index contributed by atoms with van der Waals surface area (Å²) in [5, 5.41) is 11.5. The molecule has 0 radical (unpaired) electrons. The van der Waals surface area contributed by atoms with Crippen molar-refractivity contribution >= 4 is 11.6 Å². The van der Waals surface area contributed by atoms with Crippen molar-refractivity contribution in [1.82, 2.24) is 9.88 Å². The summed E-state index contributed by atoms with van der Waals surface area (Å²) in [6, 6.07) is 12.7. The third-order valence-electron chi connectivity index (χ3n) is 2.89. The highest BCUT2D eigenvalue weighted by Gasteiger charge is 2.07. The van der Waals surface area contributed by atoms with Crippen molar-refractivity contribution in [3.05, 3.63) is 59.9 Å². The summed E-state index contributed by atoms with van der Waals surface area (Å²) in [6.45, 7) is 0.948. The Morgan fingerprint density at radius 2 is 2.10 bits per heavy atom. The molecule has 1 amide bonds. The van der Waals surface area contributed by atoms with Gasteiger partial charge in [-0.15, -0.1) is 0 Å². The van der Waals surface area contributed by atoms with Crippen LogP contribution in [-0.2, 0) is 11.3 Å². The number of pyridine rings is 1. The summed E-state index contributed by atoms with van der Waals surface area (Å²) < 4.78 is 0. The van der Waals surface area contributed by atoms with E-state index < -0.39 is 0 Å². The van der Waals surface area contributed by atoms with E-state index >= 15 is 0 Å². The molecule has 0 saturated carbocycles. The number of rotatable bonds is 5. The van der Waals surface area contributed by atoms with Gasteiger partial charge in [-0.2, -0.15) is 5.26 Å². The van der Waals surface area contributed by atoms with Gasteiger partial charge in [-0.1, -0.05) is 6.07 Å². The summed E-state index contributed by atoms with van der Waals surface area (Å²) in [5.41, 5.74) is 2.32. The van der Waals surface area contributed by atoms with Crippen LogP contribution < -0.4 is 5.32 Å². The summed E-state index contributed by atoms with van der Waals surface area (Å²) in [6.07, 6.45) is 3.51. The van der Waals surface area contributed by atoms with Gasteiger partial charge in [0.25, 0.3) is 0 Å². The fraction of sp³-hybridized carbons (Fsp3) is 0.188. The van der Waals surface area contributed by atoms with E-state index in [1.807, 2.05) is 30.1 Å². The Kier molecular flexibility index (Phi) is 5.02. The highest BCUT2D eigenvalue weighted by molar-refractivity contribution is 5.92. The first kappa shape index (κ1) is 14.7. The van der Waals surface area contributed by atoms with Gasteiger partial charge in [0.1, 0.15) is 0 Å². The summed E-state index contributed by atoms with van der Waals surface area (Å²) >= 11 is 0. The van der Waals surface area contributed by atoms with Gasteiger partial charge in [-0.05, 0) is 42.9 Å². The number of benzene rings is 1. The smallest absolute Gasteiger partial charge is 0.238 e. The minimum atomic E-state index is -0.0916. The molecule has 0 atom stereocenters. The molecule has 0 fully saturated rings. The molecule has 0 saturated heterocycles. The lowest BCUT2D eigenvalue weighted by Gasteiger charge is -2.16. The highest BCUT2D eigenvalue weighted by atomic mass is 16.2. The molecule has 1 aromatic carbocycles. The number of carbonyl (C=O) groups is 1. The molecule has 0 unspecified atom stereocenters. The number of hydrogen-bond donors (Lipinski definition) is 1. The molecule has 21 heavy (non-hydrogen) atoms. The highest BCUT2D eigenvalue weighted by Crippen LogP contribution is 2.09. The Balaban J connectivity index is 1.85. The maximum atomic E-state index is 11.9. The lowest BCUT2D eigenvalue weighted by molar-refractivity contribution is -0.117. The number of aromatic nitrogens is 1. The first-order valence-corrected chi connectivity index (χ1v) is 6.55. The number of amides is 1. The Bertz CT molecular complexity index is 632. The molecule has 0 spiro atoms. The number of carbonyl (C=O) groups excluding carboxylic acids is 1. The molecule has 0 aliphatic rings. The number of nitrogens with one attached hydrogen (secondary N) is 1. The fourth-order valence-electron chi connectivity index (χ4n) is 1.93. The number of nitrogens with zero attached hydrogens (tertiary/aromatic N) is 3. The van der Waals surface area contributed by atoms with E-state index in [1.165, 1.54) is 0 Å². The van der Waals surface area contributed by atoms with Gasteiger partial charge in [-0.25, -0.2) is 0 Å². The summed E-state index contributed by atoms with van der Waals surface area (Å²) in [5.74, 6) is -0.0916. The predicted octanol–water partition coefficient (Wildman–Crippen LogP) is 2.02. The minimum Gasteiger partial charge on any atom is -0.325 e. The van der Waals surface area contributed by atoms with Gasteiger partial charge >= 0.3 is 0 Å². The van der Waals surface area contributed by atoms with Crippen molar-refractivity contribution < 1.29 is 4.79 Å². The quantitative estimate of drug-likeness (QED) is 0.909. The average molecular weight is 280 g/mol. The molecular weight excluding hydrogens is 264 g/mol. The lowest BCUT2D eigenvalue weighted by atomic mass is 10.2. The number of anilines is 1. The van der Waals surface area contributed by atoms with E-state index in [4.69, 9.17) is 5.26 Å². The van der Waals surface area contributed by atoms with E-state index in [1.54, 1.807) is 36.7 Å². The molecule has 0 bridgehead atoms. The minimum absolute atomic E-state index is 0.0916. The third kappa shape index (κ3) is 4.71. The van der Waals surface area contributed by atoms with E-state index in [0.29, 0.717) is 17.8 Å². The molecule has 1 heterocycles. The molecule has 0 aliphatic heterocycles. The van der Waals surface area contributed by atoms with Crippen LogP contribution in [0, 0.1) is 11.3 Å². The molecule has 5 heteroatoms. The van der Waals surface area contributed by atoms with Gasteiger partial charge in [0.15, 0.2) is 0 Å². The van der Waals surface area contributed by atoms with Crippen molar-refractivity contribution in [2.75, 3.05) is 18.9 Å². The maximum absolute atomic E-state index is 11.9.